The van der Waals surface area contributed by atoms with Crippen molar-refractivity contribution < 1.29 is 9.50 Å². The van der Waals surface area contributed by atoms with E-state index in [0.29, 0.717) is 13.1 Å². The molecule has 2 nitrogen and oxygen atoms in total. The van der Waals surface area contributed by atoms with Gasteiger partial charge in [-0.3, -0.25) is 0 Å². The minimum Gasteiger partial charge on any atom is -0.392 e. The summed E-state index contributed by atoms with van der Waals surface area (Å²) in [5, 5.41) is 12.3. The lowest BCUT2D eigenvalue weighted by Crippen LogP contribution is -2.12. The molecule has 19 heavy (non-hydrogen) atoms. The van der Waals surface area contributed by atoms with Gasteiger partial charge in [0.1, 0.15) is 5.82 Å². The molecule has 0 saturated heterocycles. The van der Waals surface area contributed by atoms with E-state index in [1.165, 1.54) is 6.07 Å². The maximum atomic E-state index is 13.2. The number of benzene rings is 2. The Labute approximate surface area is 116 Å². The minimum absolute atomic E-state index is 0.0533. The van der Waals surface area contributed by atoms with Gasteiger partial charge in [-0.2, -0.15) is 0 Å². The molecule has 0 unspecified atom stereocenters. The predicted octanol–water partition coefficient (Wildman–Crippen LogP) is 3.26. The summed E-state index contributed by atoms with van der Waals surface area (Å²) in [5.41, 5.74) is 2.86. The van der Waals surface area contributed by atoms with Crippen LogP contribution in [0.4, 0.5) is 4.39 Å². The number of hydrogen-bond acceptors (Lipinski definition) is 2. The average Bonchev–Trinajstić information content (AvgIpc) is 2.43. The van der Waals surface area contributed by atoms with E-state index in [0.717, 1.165) is 16.7 Å². The fourth-order valence-corrected chi connectivity index (χ4v) is 1.88. The first-order chi connectivity index (χ1) is 9.19. The lowest BCUT2D eigenvalue weighted by molar-refractivity contribution is 0.282. The van der Waals surface area contributed by atoms with Crippen molar-refractivity contribution in [3.05, 3.63) is 70.0 Å². The van der Waals surface area contributed by atoms with Gasteiger partial charge in [-0.15, -0.1) is 0 Å². The second-order valence-corrected chi connectivity index (χ2v) is 4.73. The Morgan fingerprint density at radius 2 is 1.53 bits per heavy atom. The molecule has 100 valence electrons. The van der Waals surface area contributed by atoms with Gasteiger partial charge in [0.2, 0.25) is 0 Å². The zero-order valence-corrected chi connectivity index (χ0v) is 11.1. The molecule has 0 spiro atoms. The maximum Gasteiger partial charge on any atom is 0.142 e. The van der Waals surface area contributed by atoms with Gasteiger partial charge in [-0.25, -0.2) is 4.39 Å². The van der Waals surface area contributed by atoms with E-state index in [1.807, 2.05) is 24.3 Å². The Morgan fingerprint density at radius 3 is 2.16 bits per heavy atom. The SMILES string of the molecule is OCc1ccc(CNCc2ccc(Cl)c(F)c2)cc1. The summed E-state index contributed by atoms with van der Waals surface area (Å²) in [5.74, 6) is -0.395. The molecule has 4 heteroatoms. The summed E-state index contributed by atoms with van der Waals surface area (Å²) < 4.78 is 13.2. The van der Waals surface area contributed by atoms with Crippen LogP contribution in [0, 0.1) is 5.82 Å². The molecule has 0 bridgehead atoms. The molecule has 0 heterocycles. The van der Waals surface area contributed by atoms with Gasteiger partial charge in [0.15, 0.2) is 0 Å². The summed E-state index contributed by atoms with van der Waals surface area (Å²) in [6, 6.07) is 12.5. The second-order valence-electron chi connectivity index (χ2n) is 4.33. The molecule has 0 amide bonds. The first kappa shape index (κ1) is 14.0. The molecular weight excluding hydrogens is 265 g/mol. The van der Waals surface area contributed by atoms with Crippen LogP contribution in [-0.2, 0) is 19.7 Å². The zero-order valence-electron chi connectivity index (χ0n) is 10.4. The molecule has 0 aromatic heterocycles. The summed E-state index contributed by atoms with van der Waals surface area (Å²) >= 11 is 5.62. The predicted molar refractivity (Wildman–Crippen MR) is 74.3 cm³/mol. The Morgan fingerprint density at radius 1 is 0.947 bits per heavy atom. The van der Waals surface area contributed by atoms with Gasteiger partial charge in [0.05, 0.1) is 11.6 Å². The Balaban J connectivity index is 1.86. The molecular formula is C15H15ClFNO. The van der Waals surface area contributed by atoms with Crippen LogP contribution >= 0.6 is 11.6 Å². The van der Waals surface area contributed by atoms with Gasteiger partial charge in [-0.05, 0) is 28.8 Å². The van der Waals surface area contributed by atoms with E-state index in [-0.39, 0.29) is 11.6 Å². The fourth-order valence-electron chi connectivity index (χ4n) is 1.76. The minimum atomic E-state index is -0.395. The van der Waals surface area contributed by atoms with Gasteiger partial charge >= 0.3 is 0 Å². The van der Waals surface area contributed by atoms with E-state index in [1.54, 1.807) is 12.1 Å². The largest absolute Gasteiger partial charge is 0.392 e. The van der Waals surface area contributed by atoms with Gasteiger partial charge in [0, 0.05) is 13.1 Å². The lowest BCUT2D eigenvalue weighted by atomic mass is 10.1. The van der Waals surface area contributed by atoms with E-state index >= 15 is 0 Å². The maximum absolute atomic E-state index is 13.2. The lowest BCUT2D eigenvalue weighted by Gasteiger charge is -2.06. The van der Waals surface area contributed by atoms with E-state index in [4.69, 9.17) is 16.7 Å². The number of aliphatic hydroxyl groups is 1. The van der Waals surface area contributed by atoms with Crippen molar-refractivity contribution in [2.24, 2.45) is 0 Å². The zero-order chi connectivity index (χ0) is 13.7. The highest BCUT2D eigenvalue weighted by Gasteiger charge is 2.01. The highest BCUT2D eigenvalue weighted by molar-refractivity contribution is 6.30. The monoisotopic (exact) mass is 279 g/mol. The van der Waals surface area contributed by atoms with Crippen LogP contribution in [0.2, 0.25) is 5.02 Å². The van der Waals surface area contributed by atoms with Crippen molar-refractivity contribution in [3.8, 4) is 0 Å². The molecule has 2 rings (SSSR count). The van der Waals surface area contributed by atoms with Crippen LogP contribution in [0.3, 0.4) is 0 Å². The highest BCUT2D eigenvalue weighted by Crippen LogP contribution is 2.15. The Hall–Kier alpha value is -1.42. The Kier molecular flexibility index (Phi) is 4.91. The van der Waals surface area contributed by atoms with Crippen LogP contribution in [0.15, 0.2) is 42.5 Å². The molecule has 0 aliphatic rings. The van der Waals surface area contributed by atoms with E-state index in [2.05, 4.69) is 5.32 Å². The first-order valence-corrected chi connectivity index (χ1v) is 6.40. The van der Waals surface area contributed by atoms with Crippen LogP contribution < -0.4 is 5.32 Å². The van der Waals surface area contributed by atoms with Gasteiger partial charge in [0.25, 0.3) is 0 Å². The van der Waals surface area contributed by atoms with Gasteiger partial charge in [-0.1, -0.05) is 41.9 Å². The number of hydrogen-bond donors (Lipinski definition) is 2. The summed E-state index contributed by atoms with van der Waals surface area (Å²) in [7, 11) is 0. The molecule has 2 N–H and O–H groups in total. The number of nitrogens with one attached hydrogen (secondary N) is 1. The molecule has 0 saturated carbocycles. The molecule has 2 aromatic carbocycles. The number of rotatable bonds is 5. The molecule has 0 aliphatic carbocycles. The van der Waals surface area contributed by atoms with Crippen LogP contribution in [0.1, 0.15) is 16.7 Å². The summed E-state index contributed by atoms with van der Waals surface area (Å²) in [4.78, 5) is 0. The highest BCUT2D eigenvalue weighted by atomic mass is 35.5. The molecule has 2 aromatic rings. The smallest absolute Gasteiger partial charge is 0.142 e. The van der Waals surface area contributed by atoms with E-state index in [9.17, 15) is 4.39 Å². The summed E-state index contributed by atoms with van der Waals surface area (Å²) in [6.45, 7) is 1.32. The van der Waals surface area contributed by atoms with Crippen molar-refractivity contribution >= 4 is 11.6 Å². The van der Waals surface area contributed by atoms with Crippen molar-refractivity contribution in [2.45, 2.75) is 19.7 Å². The van der Waals surface area contributed by atoms with Crippen molar-refractivity contribution in [1.29, 1.82) is 0 Å². The Bertz CT molecular complexity index is 542. The molecule has 0 fully saturated rings. The fraction of sp³-hybridized carbons (Fsp3) is 0.200. The third-order valence-electron chi connectivity index (χ3n) is 2.85. The quantitative estimate of drug-likeness (QED) is 0.880. The molecule has 0 atom stereocenters. The first-order valence-electron chi connectivity index (χ1n) is 6.02. The van der Waals surface area contributed by atoms with Crippen molar-refractivity contribution in [1.82, 2.24) is 5.32 Å². The molecule has 0 radical (unpaired) electrons. The van der Waals surface area contributed by atoms with Crippen LogP contribution in [0.5, 0.6) is 0 Å². The third-order valence-corrected chi connectivity index (χ3v) is 3.15. The second kappa shape index (κ2) is 6.66. The van der Waals surface area contributed by atoms with Crippen LogP contribution in [0.25, 0.3) is 0 Å². The number of halogens is 2. The number of aliphatic hydroxyl groups excluding tert-OH is 1. The topological polar surface area (TPSA) is 32.3 Å². The normalized spacial score (nSPS) is 10.7. The van der Waals surface area contributed by atoms with Crippen LogP contribution in [-0.4, -0.2) is 5.11 Å². The van der Waals surface area contributed by atoms with Crippen molar-refractivity contribution in [2.75, 3.05) is 0 Å². The standard InChI is InChI=1S/C15H15ClFNO/c16-14-6-5-13(7-15(14)17)9-18-8-11-1-3-12(10-19)4-2-11/h1-7,18-19H,8-10H2. The molecule has 0 aliphatic heterocycles. The third kappa shape index (κ3) is 4.03. The average molecular weight is 280 g/mol. The summed E-state index contributed by atoms with van der Waals surface area (Å²) in [6.07, 6.45) is 0. The van der Waals surface area contributed by atoms with E-state index < -0.39 is 5.82 Å². The van der Waals surface area contributed by atoms with Gasteiger partial charge < -0.3 is 10.4 Å². The van der Waals surface area contributed by atoms with Crippen molar-refractivity contribution in [3.63, 3.8) is 0 Å².